The molecule has 0 saturated heterocycles. The smallest absolute Gasteiger partial charge is 0.373 e. The summed E-state index contributed by atoms with van der Waals surface area (Å²) in [6, 6.07) is 5.36. The predicted molar refractivity (Wildman–Crippen MR) is 85.6 cm³/mol. The van der Waals surface area contributed by atoms with E-state index in [1.807, 2.05) is 31.3 Å². The summed E-state index contributed by atoms with van der Waals surface area (Å²) in [5, 5.41) is 21.4. The summed E-state index contributed by atoms with van der Waals surface area (Å²) >= 11 is 0. The number of carboxylic acid groups (broad SMARTS) is 1. The molecule has 1 aromatic heterocycles. The third-order valence-electron chi connectivity index (χ3n) is 4.58. The van der Waals surface area contributed by atoms with Gasteiger partial charge >= 0.3 is 5.97 Å². The average molecular weight is 316 g/mol. The third-order valence-corrected chi connectivity index (χ3v) is 4.58. The van der Waals surface area contributed by atoms with Gasteiger partial charge in [-0.15, -0.1) is 0 Å². The Morgan fingerprint density at radius 3 is 2.74 bits per heavy atom. The van der Waals surface area contributed by atoms with Crippen LogP contribution in [-0.4, -0.2) is 27.9 Å². The van der Waals surface area contributed by atoms with Crippen molar-refractivity contribution in [1.82, 2.24) is 0 Å². The van der Waals surface area contributed by atoms with Crippen LogP contribution in [0.15, 0.2) is 24.4 Å². The van der Waals surface area contributed by atoms with Crippen molar-refractivity contribution in [3.8, 4) is 5.75 Å². The quantitative estimate of drug-likeness (QED) is 0.851. The largest absolute Gasteiger partial charge is 0.486 e. The number of ether oxygens (including phenoxy) is 1. The minimum atomic E-state index is -0.930. The van der Waals surface area contributed by atoms with Gasteiger partial charge in [0, 0.05) is 26.3 Å². The van der Waals surface area contributed by atoms with E-state index in [-0.39, 0.29) is 6.10 Å². The number of nitrogens with zero attached hydrogens (tertiary/aromatic N) is 1. The number of aliphatic carboxylic acids is 1. The molecule has 1 aliphatic heterocycles. The fourth-order valence-electron chi connectivity index (χ4n) is 3.07. The van der Waals surface area contributed by atoms with Crippen LogP contribution >= 0.6 is 0 Å². The van der Waals surface area contributed by atoms with Gasteiger partial charge < -0.3 is 14.9 Å². The molecule has 0 fully saturated rings. The third kappa shape index (κ3) is 2.65. The first-order valence-corrected chi connectivity index (χ1v) is 7.77. The molecule has 2 atom stereocenters. The van der Waals surface area contributed by atoms with E-state index in [9.17, 15) is 15.0 Å². The van der Waals surface area contributed by atoms with Gasteiger partial charge in [-0.3, -0.25) is 0 Å². The highest BCUT2D eigenvalue weighted by Gasteiger charge is 2.36. The predicted octanol–water partition coefficient (Wildman–Crippen LogP) is 2.16. The summed E-state index contributed by atoms with van der Waals surface area (Å²) < 4.78 is 7.75. The molecular formula is C18H22NO4+. The van der Waals surface area contributed by atoms with Gasteiger partial charge in [-0.2, -0.15) is 4.57 Å². The summed E-state index contributed by atoms with van der Waals surface area (Å²) in [7, 11) is 0. The van der Waals surface area contributed by atoms with Gasteiger partial charge in [0.2, 0.25) is 0 Å². The molecule has 0 spiro atoms. The second-order valence-electron chi connectivity index (χ2n) is 6.86. The summed E-state index contributed by atoms with van der Waals surface area (Å²) in [4.78, 5) is 11.3. The highest BCUT2D eigenvalue weighted by atomic mass is 16.5. The van der Waals surface area contributed by atoms with E-state index in [4.69, 9.17) is 4.74 Å². The van der Waals surface area contributed by atoms with Crippen LogP contribution in [-0.2, 0) is 11.2 Å². The van der Waals surface area contributed by atoms with Crippen molar-refractivity contribution in [2.75, 3.05) is 0 Å². The lowest BCUT2D eigenvalue weighted by atomic mass is 9.96. The molecule has 0 radical (unpaired) electrons. The van der Waals surface area contributed by atoms with E-state index < -0.39 is 17.6 Å². The molecule has 0 saturated carbocycles. The van der Waals surface area contributed by atoms with Crippen LogP contribution in [0.2, 0.25) is 0 Å². The lowest BCUT2D eigenvalue weighted by molar-refractivity contribution is -0.711. The lowest BCUT2D eigenvalue weighted by Crippen LogP contribution is -2.44. The van der Waals surface area contributed by atoms with Crippen LogP contribution in [0.4, 0.5) is 0 Å². The number of benzene rings is 1. The molecule has 2 unspecified atom stereocenters. The van der Waals surface area contributed by atoms with Crippen molar-refractivity contribution in [2.24, 2.45) is 0 Å². The number of pyridine rings is 1. The molecule has 2 heterocycles. The average Bonchev–Trinajstić information content (AvgIpc) is 2.90. The maximum atomic E-state index is 11.3. The number of aryl methyl sites for hydroxylation is 1. The maximum absolute atomic E-state index is 11.3. The van der Waals surface area contributed by atoms with Gasteiger partial charge in [0.15, 0.2) is 11.9 Å². The SMILES string of the molecule is Cc1cc2ccc3c(c2c[n+]1C(C)C(=O)O)OC(C(C)(C)O)C3. The number of hydrogen-bond donors (Lipinski definition) is 2. The lowest BCUT2D eigenvalue weighted by Gasteiger charge is -2.24. The zero-order valence-electron chi connectivity index (χ0n) is 13.8. The van der Waals surface area contributed by atoms with E-state index >= 15 is 0 Å². The van der Waals surface area contributed by atoms with E-state index in [2.05, 4.69) is 0 Å². The fraction of sp³-hybridized carbons (Fsp3) is 0.444. The van der Waals surface area contributed by atoms with Gasteiger partial charge in [-0.05, 0) is 24.8 Å². The Morgan fingerprint density at radius 2 is 2.13 bits per heavy atom. The number of fused-ring (bicyclic) bond motifs is 3. The summed E-state index contributed by atoms with van der Waals surface area (Å²) in [6.07, 6.45) is 2.20. The first-order chi connectivity index (χ1) is 10.7. The van der Waals surface area contributed by atoms with Crippen LogP contribution in [0, 0.1) is 6.92 Å². The van der Waals surface area contributed by atoms with Crippen LogP contribution < -0.4 is 9.30 Å². The van der Waals surface area contributed by atoms with Gasteiger partial charge in [0.05, 0.1) is 11.0 Å². The molecule has 0 amide bonds. The van der Waals surface area contributed by atoms with Crippen molar-refractivity contribution in [3.63, 3.8) is 0 Å². The van der Waals surface area contributed by atoms with E-state index in [0.29, 0.717) is 6.42 Å². The maximum Gasteiger partial charge on any atom is 0.373 e. The number of carboxylic acids is 1. The van der Waals surface area contributed by atoms with Crippen LogP contribution in [0.5, 0.6) is 5.75 Å². The van der Waals surface area contributed by atoms with Crippen molar-refractivity contribution >= 4 is 16.7 Å². The monoisotopic (exact) mass is 316 g/mol. The molecule has 0 bridgehead atoms. The van der Waals surface area contributed by atoms with Gasteiger partial charge in [-0.25, -0.2) is 4.79 Å². The second kappa shape index (κ2) is 5.20. The number of rotatable bonds is 3. The summed E-state index contributed by atoms with van der Waals surface area (Å²) in [6.45, 7) is 7.03. The Labute approximate surface area is 135 Å². The van der Waals surface area contributed by atoms with Crippen LogP contribution in [0.1, 0.15) is 38.1 Å². The van der Waals surface area contributed by atoms with E-state index in [0.717, 1.165) is 27.8 Å². The molecule has 1 aromatic carbocycles. The van der Waals surface area contributed by atoms with Crippen LogP contribution in [0.25, 0.3) is 10.8 Å². The van der Waals surface area contributed by atoms with E-state index in [1.165, 1.54) is 0 Å². The van der Waals surface area contributed by atoms with Gasteiger partial charge in [-0.1, -0.05) is 12.1 Å². The molecular weight excluding hydrogens is 294 g/mol. The van der Waals surface area contributed by atoms with Crippen molar-refractivity contribution in [2.45, 2.75) is 51.9 Å². The van der Waals surface area contributed by atoms with Crippen molar-refractivity contribution in [1.29, 1.82) is 0 Å². The second-order valence-corrected chi connectivity index (χ2v) is 6.86. The highest BCUT2D eigenvalue weighted by molar-refractivity contribution is 5.89. The standard InChI is InChI=1S/C18H21NO4/c1-10-7-12-5-6-13-8-15(18(3,4)22)23-16(13)14(12)9-19(10)11(2)17(20)21/h5-7,9,11,15,22H,8H2,1-4H3/p+1. The minimum Gasteiger partial charge on any atom is -0.486 e. The zero-order valence-corrected chi connectivity index (χ0v) is 13.8. The van der Waals surface area contributed by atoms with E-state index in [1.54, 1.807) is 25.3 Å². The molecule has 0 aliphatic carbocycles. The summed E-state index contributed by atoms with van der Waals surface area (Å²) in [5.74, 6) is -0.124. The first-order valence-electron chi connectivity index (χ1n) is 7.77. The molecule has 3 rings (SSSR count). The fourth-order valence-corrected chi connectivity index (χ4v) is 3.07. The zero-order chi connectivity index (χ0) is 16.9. The molecule has 23 heavy (non-hydrogen) atoms. The molecule has 1 aliphatic rings. The Bertz CT molecular complexity index is 792. The van der Waals surface area contributed by atoms with Gasteiger partial charge in [0.25, 0.3) is 6.04 Å². The minimum absolute atomic E-state index is 0.297. The molecule has 2 N–H and O–H groups in total. The summed E-state index contributed by atoms with van der Waals surface area (Å²) in [5.41, 5.74) is 0.993. The Balaban J connectivity index is 2.14. The Morgan fingerprint density at radius 1 is 1.43 bits per heavy atom. The molecule has 5 heteroatoms. The Hall–Kier alpha value is -2.14. The van der Waals surface area contributed by atoms with Crippen LogP contribution in [0.3, 0.4) is 0 Å². The topological polar surface area (TPSA) is 70.6 Å². The number of aliphatic hydroxyl groups is 1. The first kappa shape index (κ1) is 15.7. The Kier molecular flexibility index (Phi) is 3.56. The van der Waals surface area contributed by atoms with Crippen molar-refractivity contribution in [3.05, 3.63) is 35.7 Å². The molecule has 122 valence electrons. The normalized spacial score (nSPS) is 18.6. The molecule has 2 aromatic rings. The van der Waals surface area contributed by atoms with Crippen molar-refractivity contribution < 1.29 is 24.3 Å². The number of aromatic nitrogens is 1. The molecule has 5 nitrogen and oxygen atoms in total. The number of carbonyl (C=O) groups is 1. The number of hydrogen-bond acceptors (Lipinski definition) is 3. The highest BCUT2D eigenvalue weighted by Crippen LogP contribution is 2.38. The van der Waals surface area contributed by atoms with Gasteiger partial charge in [0.1, 0.15) is 11.9 Å².